The van der Waals surface area contributed by atoms with E-state index in [0.29, 0.717) is 12.6 Å². The molecule has 0 unspecified atom stereocenters. The summed E-state index contributed by atoms with van der Waals surface area (Å²) in [7, 11) is -3.59. The molecule has 0 bridgehead atoms. The molecule has 0 aliphatic rings. The second-order valence-corrected chi connectivity index (χ2v) is 7.52. The van der Waals surface area contributed by atoms with Crippen LogP contribution in [-0.4, -0.2) is 20.5 Å². The lowest BCUT2D eigenvalue weighted by molar-refractivity contribution is 0.530. The van der Waals surface area contributed by atoms with Crippen LogP contribution >= 0.6 is 11.6 Å². The molecule has 4 nitrogen and oxygen atoms in total. The van der Waals surface area contributed by atoms with Gasteiger partial charge in [-0.15, -0.1) is 0 Å². The molecular formula is C15H25ClN2O2S. The van der Waals surface area contributed by atoms with Crippen LogP contribution in [0.15, 0.2) is 23.1 Å². The Hall–Kier alpha value is -0.620. The molecular weight excluding hydrogens is 308 g/mol. The third-order valence-electron chi connectivity index (χ3n) is 3.31. The van der Waals surface area contributed by atoms with Crippen molar-refractivity contribution in [2.45, 2.75) is 64.1 Å². The van der Waals surface area contributed by atoms with Crippen LogP contribution in [0.1, 0.15) is 46.1 Å². The topological polar surface area (TPSA) is 58.2 Å². The fourth-order valence-corrected chi connectivity index (χ4v) is 3.88. The summed E-state index contributed by atoms with van der Waals surface area (Å²) in [4.78, 5) is 0.152. The van der Waals surface area contributed by atoms with Crippen LogP contribution in [0, 0.1) is 0 Å². The maximum absolute atomic E-state index is 12.5. The molecule has 0 atom stereocenters. The lowest BCUT2D eigenvalue weighted by Crippen LogP contribution is -2.34. The van der Waals surface area contributed by atoms with Gasteiger partial charge in [0.05, 0.1) is 5.02 Å². The van der Waals surface area contributed by atoms with Gasteiger partial charge in [0, 0.05) is 18.6 Å². The highest BCUT2D eigenvalue weighted by atomic mass is 35.5. The quantitative estimate of drug-likeness (QED) is 0.768. The maximum Gasteiger partial charge on any atom is 0.242 e. The largest absolute Gasteiger partial charge is 0.310 e. The highest BCUT2D eigenvalue weighted by molar-refractivity contribution is 7.89. The van der Waals surface area contributed by atoms with E-state index >= 15 is 0 Å². The monoisotopic (exact) mass is 332 g/mol. The van der Waals surface area contributed by atoms with E-state index in [2.05, 4.69) is 10.0 Å². The van der Waals surface area contributed by atoms with E-state index in [1.54, 1.807) is 12.1 Å². The zero-order valence-corrected chi connectivity index (χ0v) is 14.7. The van der Waals surface area contributed by atoms with Gasteiger partial charge in [-0.3, -0.25) is 0 Å². The standard InChI is InChI=1S/C15H25ClN2O2S/c1-5-13(6-2)18-21(19,20)15-9-12(7-8-14(15)16)10-17-11(3)4/h7-9,11,13,17-18H,5-6,10H2,1-4H3. The SMILES string of the molecule is CCC(CC)NS(=O)(=O)c1cc(CNC(C)C)ccc1Cl. The van der Waals surface area contributed by atoms with Crippen LogP contribution in [0.4, 0.5) is 0 Å². The van der Waals surface area contributed by atoms with Gasteiger partial charge in [0.25, 0.3) is 0 Å². The first-order valence-corrected chi connectivity index (χ1v) is 9.20. The van der Waals surface area contributed by atoms with E-state index in [4.69, 9.17) is 11.6 Å². The molecule has 6 heteroatoms. The van der Waals surface area contributed by atoms with Crippen LogP contribution in [-0.2, 0) is 16.6 Å². The van der Waals surface area contributed by atoms with Gasteiger partial charge in [0.1, 0.15) is 4.90 Å². The second-order valence-electron chi connectivity index (χ2n) is 5.44. The first-order valence-electron chi connectivity index (χ1n) is 7.34. The fraction of sp³-hybridized carbons (Fsp3) is 0.600. The average Bonchev–Trinajstić information content (AvgIpc) is 2.43. The zero-order valence-electron chi connectivity index (χ0n) is 13.1. The lowest BCUT2D eigenvalue weighted by atomic mass is 10.2. The van der Waals surface area contributed by atoms with Crippen molar-refractivity contribution in [2.75, 3.05) is 0 Å². The molecule has 0 aliphatic carbocycles. The van der Waals surface area contributed by atoms with E-state index in [1.165, 1.54) is 0 Å². The minimum Gasteiger partial charge on any atom is -0.310 e. The van der Waals surface area contributed by atoms with Crippen molar-refractivity contribution in [1.29, 1.82) is 0 Å². The summed E-state index contributed by atoms with van der Waals surface area (Å²) in [6.45, 7) is 8.62. The summed E-state index contributed by atoms with van der Waals surface area (Å²) in [5, 5.41) is 3.52. The summed E-state index contributed by atoms with van der Waals surface area (Å²) < 4.78 is 27.6. The van der Waals surface area contributed by atoms with E-state index in [1.807, 2.05) is 33.8 Å². The van der Waals surface area contributed by atoms with Crippen LogP contribution in [0.3, 0.4) is 0 Å². The smallest absolute Gasteiger partial charge is 0.242 e. The molecule has 1 aromatic rings. The highest BCUT2D eigenvalue weighted by Gasteiger charge is 2.21. The minimum absolute atomic E-state index is 0.0662. The predicted molar refractivity (Wildman–Crippen MR) is 88.1 cm³/mol. The van der Waals surface area contributed by atoms with Crippen molar-refractivity contribution in [3.8, 4) is 0 Å². The minimum atomic E-state index is -3.59. The Balaban J connectivity index is 3.02. The first-order chi connectivity index (χ1) is 9.80. The van der Waals surface area contributed by atoms with Crippen molar-refractivity contribution in [1.82, 2.24) is 10.0 Å². The van der Waals surface area contributed by atoms with E-state index in [-0.39, 0.29) is 16.0 Å². The molecule has 1 rings (SSSR count). The number of hydrogen-bond donors (Lipinski definition) is 2. The van der Waals surface area contributed by atoms with E-state index in [9.17, 15) is 8.42 Å². The summed E-state index contributed by atoms with van der Waals surface area (Å²) in [5.41, 5.74) is 0.901. The molecule has 0 saturated heterocycles. The maximum atomic E-state index is 12.5. The van der Waals surface area contributed by atoms with Gasteiger partial charge in [-0.05, 0) is 30.5 Å². The normalized spacial score (nSPS) is 12.3. The number of hydrogen-bond acceptors (Lipinski definition) is 3. The Morgan fingerprint density at radius 3 is 2.33 bits per heavy atom. The van der Waals surface area contributed by atoms with Gasteiger partial charge >= 0.3 is 0 Å². The molecule has 0 saturated carbocycles. The first kappa shape index (κ1) is 18.4. The zero-order chi connectivity index (χ0) is 16.0. The van der Waals surface area contributed by atoms with Crippen molar-refractivity contribution in [3.05, 3.63) is 28.8 Å². The van der Waals surface area contributed by atoms with E-state index < -0.39 is 10.0 Å². The van der Waals surface area contributed by atoms with Crippen molar-refractivity contribution >= 4 is 21.6 Å². The average molecular weight is 333 g/mol. The summed E-state index contributed by atoms with van der Waals surface area (Å²) in [6, 6.07) is 5.39. The molecule has 2 N–H and O–H groups in total. The molecule has 0 fully saturated rings. The van der Waals surface area contributed by atoms with Gasteiger partial charge in [-0.1, -0.05) is 45.4 Å². The summed E-state index contributed by atoms with van der Waals surface area (Å²) in [6.07, 6.45) is 1.50. The van der Waals surface area contributed by atoms with Crippen LogP contribution in [0.2, 0.25) is 5.02 Å². The molecule has 0 amide bonds. The molecule has 0 aliphatic heterocycles. The molecule has 0 spiro atoms. The Kier molecular flexibility index (Phi) is 7.13. The fourth-order valence-electron chi connectivity index (χ4n) is 1.92. The van der Waals surface area contributed by atoms with Crippen molar-refractivity contribution in [3.63, 3.8) is 0 Å². The molecule has 0 aromatic heterocycles. The lowest BCUT2D eigenvalue weighted by Gasteiger charge is -2.16. The molecule has 0 heterocycles. The summed E-state index contributed by atoms with van der Waals surface area (Å²) >= 11 is 6.07. The van der Waals surface area contributed by atoms with Crippen molar-refractivity contribution < 1.29 is 8.42 Å². The molecule has 21 heavy (non-hydrogen) atoms. The number of rotatable bonds is 8. The van der Waals surface area contributed by atoms with Crippen molar-refractivity contribution in [2.24, 2.45) is 0 Å². The Morgan fingerprint density at radius 1 is 1.19 bits per heavy atom. The van der Waals surface area contributed by atoms with Gasteiger partial charge < -0.3 is 5.32 Å². The molecule has 120 valence electrons. The number of sulfonamides is 1. The van der Waals surface area contributed by atoms with Crippen LogP contribution < -0.4 is 10.0 Å². The second kappa shape index (κ2) is 8.13. The summed E-state index contributed by atoms with van der Waals surface area (Å²) in [5.74, 6) is 0. The number of benzene rings is 1. The highest BCUT2D eigenvalue weighted by Crippen LogP contribution is 2.23. The Labute approximate surface area is 133 Å². The third kappa shape index (κ3) is 5.58. The number of halogens is 1. The van der Waals surface area contributed by atoms with Crippen LogP contribution in [0.5, 0.6) is 0 Å². The molecule has 1 aromatic carbocycles. The number of nitrogens with one attached hydrogen (secondary N) is 2. The van der Waals surface area contributed by atoms with Crippen LogP contribution in [0.25, 0.3) is 0 Å². The Morgan fingerprint density at radius 2 is 1.81 bits per heavy atom. The third-order valence-corrected chi connectivity index (χ3v) is 5.31. The van der Waals surface area contributed by atoms with Gasteiger partial charge in [0.2, 0.25) is 10.0 Å². The van der Waals surface area contributed by atoms with Gasteiger partial charge in [-0.25, -0.2) is 13.1 Å². The molecule has 0 radical (unpaired) electrons. The van der Waals surface area contributed by atoms with E-state index in [0.717, 1.165) is 18.4 Å². The van der Waals surface area contributed by atoms with Gasteiger partial charge in [0.15, 0.2) is 0 Å². The Bertz CT molecular complexity index is 555. The predicted octanol–water partition coefficient (Wildman–Crippen LogP) is 3.30. The van der Waals surface area contributed by atoms with Gasteiger partial charge in [-0.2, -0.15) is 0 Å².